The number of rotatable bonds is 8. The van der Waals surface area contributed by atoms with Gasteiger partial charge in [-0.1, -0.05) is 18.2 Å². The van der Waals surface area contributed by atoms with Crippen LogP contribution in [0.25, 0.3) is 0 Å². The van der Waals surface area contributed by atoms with Gasteiger partial charge in [-0.3, -0.25) is 0 Å². The van der Waals surface area contributed by atoms with E-state index in [1.807, 2.05) is 19.1 Å². The lowest BCUT2D eigenvalue weighted by Gasteiger charge is -2.16. The van der Waals surface area contributed by atoms with E-state index >= 15 is 0 Å². The van der Waals surface area contributed by atoms with Crippen LogP contribution in [-0.2, 0) is 0 Å². The fourth-order valence-electron chi connectivity index (χ4n) is 2.76. The largest absolute Gasteiger partial charge is 0.494 e. The highest BCUT2D eigenvalue weighted by molar-refractivity contribution is 5.33. The number of benzene rings is 2. The normalized spacial score (nSPS) is 12.0. The molecule has 0 saturated heterocycles. The van der Waals surface area contributed by atoms with Gasteiger partial charge in [0.25, 0.3) is 0 Å². The van der Waals surface area contributed by atoms with Crippen molar-refractivity contribution in [2.75, 3.05) is 19.8 Å². The first-order chi connectivity index (χ1) is 11.1. The molecule has 0 heterocycles. The second-order valence-corrected chi connectivity index (χ2v) is 5.90. The van der Waals surface area contributed by atoms with Gasteiger partial charge in [0.2, 0.25) is 0 Å². The molecule has 124 valence electrons. The first-order valence-corrected chi connectivity index (χ1v) is 8.26. The van der Waals surface area contributed by atoms with Gasteiger partial charge in [-0.15, -0.1) is 0 Å². The van der Waals surface area contributed by atoms with Crippen LogP contribution in [0, 0.1) is 13.8 Å². The number of hydrogen-bond acceptors (Lipinski definition) is 3. The first-order valence-electron chi connectivity index (χ1n) is 8.26. The molecule has 0 saturated carbocycles. The van der Waals surface area contributed by atoms with E-state index in [0.717, 1.165) is 17.9 Å². The van der Waals surface area contributed by atoms with E-state index in [9.17, 15) is 0 Å². The molecule has 3 nitrogen and oxygen atoms in total. The van der Waals surface area contributed by atoms with Crippen LogP contribution >= 0.6 is 0 Å². The summed E-state index contributed by atoms with van der Waals surface area (Å²) in [5.41, 5.74) is 9.63. The minimum Gasteiger partial charge on any atom is -0.494 e. The van der Waals surface area contributed by atoms with Gasteiger partial charge in [0.1, 0.15) is 11.5 Å². The van der Waals surface area contributed by atoms with Crippen molar-refractivity contribution < 1.29 is 9.47 Å². The number of aryl methyl sites for hydroxylation is 2. The smallest absolute Gasteiger partial charge is 0.119 e. The molecule has 0 radical (unpaired) electrons. The van der Waals surface area contributed by atoms with Gasteiger partial charge in [0.05, 0.1) is 13.2 Å². The van der Waals surface area contributed by atoms with E-state index in [2.05, 4.69) is 44.2 Å². The molecule has 2 aromatic carbocycles. The summed E-state index contributed by atoms with van der Waals surface area (Å²) in [5.74, 6) is 2.14. The minimum atomic E-state index is 0.302. The maximum Gasteiger partial charge on any atom is 0.119 e. The Hall–Kier alpha value is -2.00. The summed E-state index contributed by atoms with van der Waals surface area (Å²) in [6, 6.07) is 14.5. The lowest BCUT2D eigenvalue weighted by atomic mass is 9.96. The summed E-state index contributed by atoms with van der Waals surface area (Å²) in [5, 5.41) is 0. The molecular weight excluding hydrogens is 286 g/mol. The van der Waals surface area contributed by atoms with Crippen LogP contribution in [-0.4, -0.2) is 19.8 Å². The molecule has 0 aromatic heterocycles. The van der Waals surface area contributed by atoms with Crippen molar-refractivity contribution in [3.05, 3.63) is 59.2 Å². The Morgan fingerprint density at radius 1 is 0.913 bits per heavy atom. The fraction of sp³-hybridized carbons (Fsp3) is 0.400. The Kier molecular flexibility index (Phi) is 6.48. The third-order valence-corrected chi connectivity index (χ3v) is 3.88. The molecule has 3 heteroatoms. The van der Waals surface area contributed by atoms with E-state index in [-0.39, 0.29) is 0 Å². The SMILES string of the molecule is CCOc1ccc(C(CN)CCOc2cc(C)cc(C)c2)cc1. The van der Waals surface area contributed by atoms with Crippen molar-refractivity contribution in [3.63, 3.8) is 0 Å². The average molecular weight is 313 g/mol. The molecule has 0 fully saturated rings. The zero-order chi connectivity index (χ0) is 16.7. The summed E-state index contributed by atoms with van der Waals surface area (Å²) in [4.78, 5) is 0. The molecule has 0 aliphatic heterocycles. The predicted molar refractivity (Wildman–Crippen MR) is 95.4 cm³/mol. The second kappa shape index (κ2) is 8.59. The molecule has 0 amide bonds. The maximum atomic E-state index is 5.94. The molecule has 0 aliphatic rings. The molecule has 2 rings (SSSR count). The monoisotopic (exact) mass is 313 g/mol. The van der Waals surface area contributed by atoms with Gasteiger partial charge in [0.15, 0.2) is 0 Å². The lowest BCUT2D eigenvalue weighted by molar-refractivity contribution is 0.298. The number of ether oxygens (including phenoxy) is 2. The summed E-state index contributed by atoms with van der Waals surface area (Å²) < 4.78 is 11.4. The molecule has 0 spiro atoms. The number of nitrogens with two attached hydrogens (primary N) is 1. The van der Waals surface area contributed by atoms with Crippen LogP contribution in [0.15, 0.2) is 42.5 Å². The van der Waals surface area contributed by atoms with Crippen LogP contribution in [0.3, 0.4) is 0 Å². The molecule has 1 atom stereocenters. The average Bonchev–Trinajstić information content (AvgIpc) is 2.52. The van der Waals surface area contributed by atoms with Crippen LogP contribution in [0.2, 0.25) is 0 Å². The Morgan fingerprint density at radius 3 is 2.13 bits per heavy atom. The zero-order valence-corrected chi connectivity index (χ0v) is 14.3. The third kappa shape index (κ3) is 5.29. The molecule has 1 unspecified atom stereocenters. The van der Waals surface area contributed by atoms with E-state index in [1.54, 1.807) is 0 Å². The predicted octanol–water partition coefficient (Wildman–Crippen LogP) is 4.21. The maximum absolute atomic E-state index is 5.94. The van der Waals surface area contributed by atoms with Gasteiger partial charge in [0, 0.05) is 0 Å². The highest BCUT2D eigenvalue weighted by atomic mass is 16.5. The highest BCUT2D eigenvalue weighted by Gasteiger charge is 2.10. The summed E-state index contributed by atoms with van der Waals surface area (Å²) in [6.45, 7) is 8.12. The van der Waals surface area contributed by atoms with Crippen LogP contribution in [0.4, 0.5) is 0 Å². The Balaban J connectivity index is 1.91. The molecule has 2 N–H and O–H groups in total. The van der Waals surface area contributed by atoms with Crippen LogP contribution in [0.5, 0.6) is 11.5 Å². The first kappa shape index (κ1) is 17.4. The van der Waals surface area contributed by atoms with Crippen molar-refractivity contribution >= 4 is 0 Å². The Morgan fingerprint density at radius 2 is 1.57 bits per heavy atom. The van der Waals surface area contributed by atoms with Crippen molar-refractivity contribution in [1.82, 2.24) is 0 Å². The number of hydrogen-bond donors (Lipinski definition) is 1. The molecule has 2 aromatic rings. The third-order valence-electron chi connectivity index (χ3n) is 3.88. The Labute approximate surface area is 139 Å². The molecule has 23 heavy (non-hydrogen) atoms. The molecule has 0 bridgehead atoms. The zero-order valence-electron chi connectivity index (χ0n) is 14.3. The lowest BCUT2D eigenvalue weighted by Crippen LogP contribution is -2.15. The van der Waals surface area contributed by atoms with Gasteiger partial charge in [-0.25, -0.2) is 0 Å². The van der Waals surface area contributed by atoms with Crippen molar-refractivity contribution in [1.29, 1.82) is 0 Å². The molecular formula is C20H27NO2. The second-order valence-electron chi connectivity index (χ2n) is 5.90. The summed E-state index contributed by atoms with van der Waals surface area (Å²) in [6.07, 6.45) is 0.900. The van der Waals surface area contributed by atoms with Gasteiger partial charge in [-0.2, -0.15) is 0 Å². The topological polar surface area (TPSA) is 44.5 Å². The van der Waals surface area contributed by atoms with Crippen molar-refractivity contribution in [2.45, 2.75) is 33.1 Å². The van der Waals surface area contributed by atoms with E-state index in [1.165, 1.54) is 16.7 Å². The van der Waals surface area contributed by atoms with E-state index < -0.39 is 0 Å². The van der Waals surface area contributed by atoms with Crippen molar-refractivity contribution in [3.8, 4) is 11.5 Å². The molecule has 0 aliphatic carbocycles. The van der Waals surface area contributed by atoms with E-state index in [0.29, 0.717) is 25.7 Å². The fourth-order valence-corrected chi connectivity index (χ4v) is 2.76. The van der Waals surface area contributed by atoms with Gasteiger partial charge in [-0.05, 0) is 80.6 Å². The van der Waals surface area contributed by atoms with E-state index in [4.69, 9.17) is 15.2 Å². The van der Waals surface area contributed by atoms with Crippen LogP contribution in [0.1, 0.15) is 36.0 Å². The summed E-state index contributed by atoms with van der Waals surface area (Å²) in [7, 11) is 0. The van der Waals surface area contributed by atoms with Crippen molar-refractivity contribution in [2.24, 2.45) is 5.73 Å². The van der Waals surface area contributed by atoms with Crippen LogP contribution < -0.4 is 15.2 Å². The highest BCUT2D eigenvalue weighted by Crippen LogP contribution is 2.23. The Bertz CT molecular complexity index is 587. The summed E-state index contributed by atoms with van der Waals surface area (Å²) >= 11 is 0. The standard InChI is InChI=1S/C20H27NO2/c1-4-22-19-7-5-17(6-8-19)18(14-21)9-10-23-20-12-15(2)11-16(3)13-20/h5-8,11-13,18H,4,9-10,14,21H2,1-3H3. The van der Waals surface area contributed by atoms with Gasteiger partial charge >= 0.3 is 0 Å². The van der Waals surface area contributed by atoms with Gasteiger partial charge < -0.3 is 15.2 Å². The minimum absolute atomic E-state index is 0.302. The quantitative estimate of drug-likeness (QED) is 0.794.